The van der Waals surface area contributed by atoms with E-state index in [4.69, 9.17) is 4.74 Å². The molecular weight excluding hydrogens is 276 g/mol. The minimum atomic E-state index is -0.393. The zero-order valence-electron chi connectivity index (χ0n) is 14.4. The Balaban J connectivity index is 1.80. The van der Waals surface area contributed by atoms with Crippen molar-refractivity contribution in [3.05, 3.63) is 29.3 Å². The molecule has 1 aliphatic rings. The second kappa shape index (κ2) is 7.95. The number of aryl methyl sites for hydroxylation is 2. The van der Waals surface area contributed by atoms with Crippen molar-refractivity contribution >= 4 is 5.69 Å². The number of hydrogen-bond acceptors (Lipinski definition) is 4. The van der Waals surface area contributed by atoms with Gasteiger partial charge in [-0.3, -0.25) is 4.90 Å². The Hall–Kier alpha value is -1.10. The third-order valence-corrected chi connectivity index (χ3v) is 4.16. The van der Waals surface area contributed by atoms with Gasteiger partial charge in [0.2, 0.25) is 0 Å². The first-order chi connectivity index (χ1) is 10.5. The Morgan fingerprint density at radius 1 is 1.14 bits per heavy atom. The lowest BCUT2D eigenvalue weighted by atomic mass is 10.1. The van der Waals surface area contributed by atoms with Crippen LogP contribution in [0.4, 0.5) is 5.69 Å². The van der Waals surface area contributed by atoms with E-state index in [2.05, 4.69) is 41.8 Å². The highest BCUT2D eigenvalue weighted by atomic mass is 16.5. The van der Waals surface area contributed by atoms with E-state index >= 15 is 0 Å². The summed E-state index contributed by atoms with van der Waals surface area (Å²) in [5.74, 6) is 0. The van der Waals surface area contributed by atoms with Crippen molar-refractivity contribution < 1.29 is 9.84 Å². The van der Waals surface area contributed by atoms with Crippen LogP contribution in [0.5, 0.6) is 0 Å². The Labute approximate surface area is 134 Å². The van der Waals surface area contributed by atoms with Crippen LogP contribution in [-0.2, 0) is 4.74 Å². The van der Waals surface area contributed by atoms with Crippen molar-refractivity contribution in [2.75, 3.05) is 44.2 Å². The molecule has 1 N–H and O–H groups in total. The topological polar surface area (TPSA) is 35.9 Å². The fraction of sp³-hybridized carbons (Fsp3) is 0.667. The molecule has 22 heavy (non-hydrogen) atoms. The molecule has 1 aliphatic heterocycles. The number of ether oxygens (including phenoxy) is 1. The minimum Gasteiger partial charge on any atom is -0.389 e. The summed E-state index contributed by atoms with van der Waals surface area (Å²) < 4.78 is 5.48. The first kappa shape index (κ1) is 17.3. The highest BCUT2D eigenvalue weighted by Crippen LogP contribution is 2.22. The lowest BCUT2D eigenvalue weighted by Crippen LogP contribution is -2.49. The van der Waals surface area contributed by atoms with Gasteiger partial charge in [0, 0.05) is 38.4 Å². The van der Waals surface area contributed by atoms with E-state index in [1.807, 2.05) is 13.8 Å². The predicted molar refractivity (Wildman–Crippen MR) is 91.7 cm³/mol. The number of hydrogen-bond donors (Lipinski definition) is 1. The second-order valence-corrected chi connectivity index (χ2v) is 6.61. The molecule has 0 bridgehead atoms. The van der Waals surface area contributed by atoms with E-state index in [9.17, 15) is 5.11 Å². The van der Waals surface area contributed by atoms with Crippen LogP contribution in [0.3, 0.4) is 0 Å². The van der Waals surface area contributed by atoms with Crippen LogP contribution in [0, 0.1) is 13.8 Å². The van der Waals surface area contributed by atoms with Gasteiger partial charge in [0.05, 0.1) is 18.8 Å². The minimum absolute atomic E-state index is 0.177. The summed E-state index contributed by atoms with van der Waals surface area (Å²) in [6.45, 7) is 13.5. The first-order valence-corrected chi connectivity index (χ1v) is 8.30. The zero-order chi connectivity index (χ0) is 16.1. The average molecular weight is 306 g/mol. The van der Waals surface area contributed by atoms with Crippen molar-refractivity contribution in [3.8, 4) is 0 Å². The molecule has 4 heteroatoms. The fourth-order valence-electron chi connectivity index (χ4n) is 2.99. The van der Waals surface area contributed by atoms with E-state index < -0.39 is 6.10 Å². The molecule has 1 fully saturated rings. The van der Waals surface area contributed by atoms with Crippen molar-refractivity contribution in [2.24, 2.45) is 0 Å². The van der Waals surface area contributed by atoms with Crippen LogP contribution in [-0.4, -0.2) is 61.5 Å². The maximum Gasteiger partial charge on any atom is 0.0900 e. The highest BCUT2D eigenvalue weighted by Gasteiger charge is 2.20. The molecule has 1 heterocycles. The molecule has 0 spiro atoms. The van der Waals surface area contributed by atoms with Crippen LogP contribution < -0.4 is 4.90 Å². The van der Waals surface area contributed by atoms with Gasteiger partial charge in [-0.05, 0) is 39.3 Å². The van der Waals surface area contributed by atoms with Gasteiger partial charge in [-0.15, -0.1) is 0 Å². The SMILES string of the molecule is Cc1ccc(N2CCN(CC(O)COC(C)C)CC2)c(C)c1. The Morgan fingerprint density at radius 2 is 1.82 bits per heavy atom. The van der Waals surface area contributed by atoms with E-state index in [1.54, 1.807) is 0 Å². The van der Waals surface area contributed by atoms with Gasteiger partial charge in [0.15, 0.2) is 0 Å². The monoisotopic (exact) mass is 306 g/mol. The van der Waals surface area contributed by atoms with Crippen LogP contribution >= 0.6 is 0 Å². The maximum atomic E-state index is 10.0. The second-order valence-electron chi connectivity index (χ2n) is 6.61. The number of aliphatic hydroxyl groups excluding tert-OH is 1. The molecule has 1 saturated heterocycles. The van der Waals surface area contributed by atoms with Crippen LogP contribution in [0.2, 0.25) is 0 Å². The molecule has 124 valence electrons. The summed E-state index contributed by atoms with van der Waals surface area (Å²) in [5.41, 5.74) is 4.00. The van der Waals surface area contributed by atoms with E-state index in [0.717, 1.165) is 26.2 Å². The zero-order valence-corrected chi connectivity index (χ0v) is 14.4. The van der Waals surface area contributed by atoms with Gasteiger partial charge in [-0.1, -0.05) is 17.7 Å². The maximum absolute atomic E-state index is 10.0. The van der Waals surface area contributed by atoms with Crippen LogP contribution in [0.25, 0.3) is 0 Å². The standard InChI is InChI=1S/C18H30N2O2/c1-14(2)22-13-17(21)12-19-7-9-20(10-8-19)18-6-5-15(3)11-16(18)4/h5-6,11,14,17,21H,7-10,12-13H2,1-4H3. The largest absolute Gasteiger partial charge is 0.389 e. The summed E-state index contributed by atoms with van der Waals surface area (Å²) in [7, 11) is 0. The smallest absolute Gasteiger partial charge is 0.0900 e. The average Bonchev–Trinajstić information content (AvgIpc) is 2.46. The van der Waals surface area contributed by atoms with Crippen molar-refractivity contribution in [3.63, 3.8) is 0 Å². The third-order valence-electron chi connectivity index (χ3n) is 4.16. The quantitative estimate of drug-likeness (QED) is 0.874. The van der Waals surface area contributed by atoms with Gasteiger partial charge in [0.1, 0.15) is 0 Å². The summed E-state index contributed by atoms with van der Waals surface area (Å²) >= 11 is 0. The van der Waals surface area contributed by atoms with Gasteiger partial charge in [-0.25, -0.2) is 0 Å². The fourth-order valence-corrected chi connectivity index (χ4v) is 2.99. The van der Waals surface area contributed by atoms with Crippen LogP contribution in [0.1, 0.15) is 25.0 Å². The molecule has 0 aromatic heterocycles. The van der Waals surface area contributed by atoms with Gasteiger partial charge in [0.25, 0.3) is 0 Å². The van der Waals surface area contributed by atoms with Crippen LogP contribution in [0.15, 0.2) is 18.2 Å². The van der Waals surface area contributed by atoms with E-state index in [0.29, 0.717) is 13.2 Å². The predicted octanol–water partition coefficient (Wildman–Crippen LogP) is 2.21. The van der Waals surface area contributed by atoms with Crippen molar-refractivity contribution in [1.29, 1.82) is 0 Å². The number of rotatable bonds is 6. The van der Waals surface area contributed by atoms with Crippen molar-refractivity contribution in [2.45, 2.75) is 39.9 Å². The molecule has 0 radical (unpaired) electrons. The molecule has 0 amide bonds. The normalized spacial score (nSPS) is 18.0. The molecule has 1 aromatic rings. The Morgan fingerprint density at radius 3 is 2.41 bits per heavy atom. The molecule has 4 nitrogen and oxygen atoms in total. The molecule has 0 aliphatic carbocycles. The molecule has 0 saturated carbocycles. The number of β-amino-alcohol motifs (C(OH)–C–C–N with tert-alkyl or cyclic N) is 1. The lowest BCUT2D eigenvalue weighted by molar-refractivity contribution is -0.00899. The van der Waals surface area contributed by atoms with Gasteiger partial charge < -0.3 is 14.7 Å². The number of anilines is 1. The molecule has 2 rings (SSSR count). The van der Waals surface area contributed by atoms with Crippen molar-refractivity contribution in [1.82, 2.24) is 4.90 Å². The lowest BCUT2D eigenvalue weighted by Gasteiger charge is -2.37. The number of benzene rings is 1. The highest BCUT2D eigenvalue weighted by molar-refractivity contribution is 5.54. The summed E-state index contributed by atoms with van der Waals surface area (Å²) in [6.07, 6.45) is -0.217. The van der Waals surface area contributed by atoms with E-state index in [-0.39, 0.29) is 6.10 Å². The molecule has 1 atom stereocenters. The third kappa shape index (κ3) is 4.97. The molecule has 1 aromatic carbocycles. The Bertz CT molecular complexity index is 468. The van der Waals surface area contributed by atoms with Gasteiger partial charge in [-0.2, -0.15) is 0 Å². The number of piperazine rings is 1. The summed E-state index contributed by atoms with van der Waals surface area (Å²) in [6, 6.07) is 6.65. The van der Waals surface area contributed by atoms with E-state index in [1.165, 1.54) is 16.8 Å². The summed E-state index contributed by atoms with van der Waals surface area (Å²) in [4.78, 5) is 4.77. The molecular formula is C18H30N2O2. The Kier molecular flexibility index (Phi) is 6.24. The number of nitrogens with zero attached hydrogens (tertiary/aromatic N) is 2. The summed E-state index contributed by atoms with van der Waals surface area (Å²) in [5, 5.41) is 10.0. The molecule has 1 unspecified atom stereocenters. The first-order valence-electron chi connectivity index (χ1n) is 8.30. The van der Waals surface area contributed by atoms with Gasteiger partial charge >= 0.3 is 0 Å². The number of aliphatic hydroxyl groups is 1.